The van der Waals surface area contributed by atoms with Gasteiger partial charge in [0.15, 0.2) is 0 Å². The summed E-state index contributed by atoms with van der Waals surface area (Å²) in [6.45, 7) is 8.01. The third kappa shape index (κ3) is 2.41. The highest BCUT2D eigenvalue weighted by Crippen LogP contribution is 2.38. The maximum atomic E-state index is 6.57. The zero-order valence-corrected chi connectivity index (χ0v) is 14.0. The van der Waals surface area contributed by atoms with Gasteiger partial charge in [0.1, 0.15) is 0 Å². The number of aryl methyl sites for hydroxylation is 2. The summed E-state index contributed by atoms with van der Waals surface area (Å²) in [5.74, 6) is 0. The fraction of sp³-hybridized carbons (Fsp3) is 0.400. The molecular weight excluding hydrogens is 338 g/mol. The topological polar surface area (TPSA) is 28.2 Å². The van der Waals surface area contributed by atoms with E-state index in [1.165, 1.54) is 5.56 Å². The summed E-state index contributed by atoms with van der Waals surface area (Å²) in [5.41, 5.74) is 4.24. The summed E-state index contributed by atoms with van der Waals surface area (Å²) in [6, 6.07) is 4.22. The van der Waals surface area contributed by atoms with E-state index in [4.69, 9.17) is 11.6 Å². The van der Waals surface area contributed by atoms with Crippen LogP contribution in [0.5, 0.6) is 0 Å². The largest absolute Gasteiger partial charge is 0.367 e. The lowest BCUT2D eigenvalue weighted by molar-refractivity contribution is 0.590. The molecule has 2 heterocycles. The fourth-order valence-electron chi connectivity index (χ4n) is 2.77. The van der Waals surface area contributed by atoms with Crippen LogP contribution in [0.3, 0.4) is 0 Å². The fourth-order valence-corrected chi connectivity index (χ4v) is 3.60. The summed E-state index contributed by atoms with van der Waals surface area (Å²) < 4.78 is 1.07. The Balaban J connectivity index is 2.29. The Bertz CT molecular complexity index is 666. The minimum Gasteiger partial charge on any atom is -0.367 e. The van der Waals surface area contributed by atoms with Crippen LogP contribution in [-0.4, -0.2) is 31.2 Å². The van der Waals surface area contributed by atoms with Crippen molar-refractivity contribution in [1.82, 2.24) is 10.3 Å². The Morgan fingerprint density at radius 1 is 1.25 bits per heavy atom. The lowest BCUT2D eigenvalue weighted by atomic mass is 10.1. The highest BCUT2D eigenvalue weighted by Gasteiger charge is 2.20. The quantitative estimate of drug-likeness (QED) is 0.847. The first-order valence-corrected chi connectivity index (χ1v) is 7.96. The van der Waals surface area contributed by atoms with E-state index in [0.29, 0.717) is 0 Å². The van der Waals surface area contributed by atoms with Crippen molar-refractivity contribution in [2.75, 3.05) is 31.1 Å². The molecule has 0 radical (unpaired) electrons. The summed E-state index contributed by atoms with van der Waals surface area (Å²) in [4.78, 5) is 7.04. The van der Waals surface area contributed by atoms with Crippen LogP contribution in [0.1, 0.15) is 11.3 Å². The van der Waals surface area contributed by atoms with Gasteiger partial charge in [0.05, 0.1) is 21.9 Å². The zero-order valence-electron chi connectivity index (χ0n) is 11.6. The van der Waals surface area contributed by atoms with Crippen molar-refractivity contribution < 1.29 is 0 Å². The van der Waals surface area contributed by atoms with Crippen LogP contribution in [0, 0.1) is 13.8 Å². The van der Waals surface area contributed by atoms with Crippen LogP contribution in [0.25, 0.3) is 10.9 Å². The van der Waals surface area contributed by atoms with E-state index >= 15 is 0 Å². The Hall–Kier alpha value is -0.840. The van der Waals surface area contributed by atoms with Gasteiger partial charge in [0.25, 0.3) is 0 Å². The molecule has 1 aromatic carbocycles. The van der Waals surface area contributed by atoms with E-state index in [-0.39, 0.29) is 0 Å². The van der Waals surface area contributed by atoms with Crippen molar-refractivity contribution in [2.24, 2.45) is 0 Å². The minimum atomic E-state index is 0.775. The molecule has 3 rings (SSSR count). The van der Waals surface area contributed by atoms with Crippen LogP contribution >= 0.6 is 27.5 Å². The molecule has 1 aromatic heterocycles. The summed E-state index contributed by atoms with van der Waals surface area (Å²) in [6.07, 6.45) is 0. The molecule has 5 heteroatoms. The van der Waals surface area contributed by atoms with Crippen LogP contribution in [0.2, 0.25) is 5.02 Å². The molecule has 0 amide bonds. The van der Waals surface area contributed by atoms with E-state index in [1.807, 2.05) is 6.92 Å². The third-order valence-corrected chi connectivity index (χ3v) is 4.67. The second-order valence-electron chi connectivity index (χ2n) is 5.22. The molecule has 1 aliphatic rings. The second kappa shape index (κ2) is 5.51. The average molecular weight is 355 g/mol. The zero-order chi connectivity index (χ0) is 14.3. The minimum absolute atomic E-state index is 0.775. The highest BCUT2D eigenvalue weighted by atomic mass is 79.9. The molecule has 1 saturated heterocycles. The first-order valence-electron chi connectivity index (χ1n) is 6.79. The maximum absolute atomic E-state index is 6.57. The van der Waals surface area contributed by atoms with Crippen molar-refractivity contribution in [2.45, 2.75) is 13.8 Å². The molecular formula is C15H17BrClN3. The van der Waals surface area contributed by atoms with E-state index in [9.17, 15) is 0 Å². The molecule has 1 N–H and O–H groups in total. The number of benzene rings is 1. The molecule has 20 heavy (non-hydrogen) atoms. The molecule has 0 saturated carbocycles. The normalized spacial score (nSPS) is 15.9. The number of halogens is 2. The number of rotatable bonds is 1. The molecule has 1 fully saturated rings. The molecule has 0 atom stereocenters. The number of hydrogen-bond acceptors (Lipinski definition) is 3. The molecule has 0 aliphatic carbocycles. The maximum Gasteiger partial charge on any atom is 0.0858 e. The Morgan fingerprint density at radius 2 is 1.95 bits per heavy atom. The van der Waals surface area contributed by atoms with Gasteiger partial charge in [0.2, 0.25) is 0 Å². The van der Waals surface area contributed by atoms with Crippen molar-refractivity contribution in [3.05, 3.63) is 32.9 Å². The number of anilines is 1. The molecule has 0 unspecified atom stereocenters. The SMILES string of the molecule is Cc1nc2c(C)cc(Br)cc2c(N2CCNCC2)c1Cl. The van der Waals surface area contributed by atoms with Gasteiger partial charge in [-0.15, -0.1) is 0 Å². The number of hydrogen-bond donors (Lipinski definition) is 1. The van der Waals surface area contributed by atoms with Crippen LogP contribution in [0.4, 0.5) is 5.69 Å². The third-order valence-electron chi connectivity index (χ3n) is 3.76. The van der Waals surface area contributed by atoms with E-state index in [0.717, 1.165) is 58.0 Å². The first-order chi connectivity index (χ1) is 9.58. The number of fused-ring (bicyclic) bond motifs is 1. The Kier molecular flexibility index (Phi) is 3.89. The summed E-state index contributed by atoms with van der Waals surface area (Å²) in [7, 11) is 0. The monoisotopic (exact) mass is 353 g/mol. The van der Waals surface area contributed by atoms with E-state index < -0.39 is 0 Å². The molecule has 106 valence electrons. The molecule has 1 aliphatic heterocycles. The number of nitrogens with one attached hydrogen (secondary N) is 1. The van der Waals surface area contributed by atoms with Gasteiger partial charge >= 0.3 is 0 Å². The number of nitrogens with zero attached hydrogens (tertiary/aromatic N) is 2. The molecule has 0 spiro atoms. The van der Waals surface area contributed by atoms with Crippen molar-refractivity contribution in [3.63, 3.8) is 0 Å². The van der Waals surface area contributed by atoms with Gasteiger partial charge in [-0.25, -0.2) is 0 Å². The van der Waals surface area contributed by atoms with Crippen LogP contribution in [0.15, 0.2) is 16.6 Å². The lowest BCUT2D eigenvalue weighted by Gasteiger charge is -2.31. The molecule has 0 bridgehead atoms. The number of pyridine rings is 1. The van der Waals surface area contributed by atoms with Gasteiger partial charge in [-0.2, -0.15) is 0 Å². The predicted molar refractivity (Wildman–Crippen MR) is 89.0 cm³/mol. The van der Waals surface area contributed by atoms with Crippen molar-refractivity contribution in [1.29, 1.82) is 0 Å². The van der Waals surface area contributed by atoms with E-state index in [2.05, 4.69) is 50.2 Å². The standard InChI is InChI=1S/C15H17BrClN3/c1-9-7-11(16)8-12-14(9)19-10(2)13(17)15(12)20-5-3-18-4-6-20/h7-8,18H,3-6H2,1-2H3. The first kappa shape index (κ1) is 14.1. The van der Waals surface area contributed by atoms with Crippen molar-refractivity contribution in [3.8, 4) is 0 Å². The van der Waals surface area contributed by atoms with Gasteiger partial charge in [0, 0.05) is 36.0 Å². The van der Waals surface area contributed by atoms with Crippen LogP contribution in [-0.2, 0) is 0 Å². The van der Waals surface area contributed by atoms with Gasteiger partial charge in [-0.1, -0.05) is 27.5 Å². The highest BCUT2D eigenvalue weighted by molar-refractivity contribution is 9.10. The second-order valence-corrected chi connectivity index (χ2v) is 6.51. The van der Waals surface area contributed by atoms with Gasteiger partial charge < -0.3 is 10.2 Å². The predicted octanol–water partition coefficient (Wildman–Crippen LogP) is 3.68. The van der Waals surface area contributed by atoms with Gasteiger partial charge in [-0.3, -0.25) is 4.98 Å². The summed E-state index contributed by atoms with van der Waals surface area (Å²) in [5, 5.41) is 5.29. The number of aromatic nitrogens is 1. The summed E-state index contributed by atoms with van der Waals surface area (Å²) >= 11 is 10.2. The van der Waals surface area contributed by atoms with Crippen LogP contribution < -0.4 is 10.2 Å². The van der Waals surface area contributed by atoms with Crippen molar-refractivity contribution >= 4 is 44.1 Å². The van der Waals surface area contributed by atoms with Gasteiger partial charge in [-0.05, 0) is 31.5 Å². The molecule has 3 nitrogen and oxygen atoms in total. The van der Waals surface area contributed by atoms with E-state index in [1.54, 1.807) is 0 Å². The Labute approximate surface area is 132 Å². The lowest BCUT2D eigenvalue weighted by Crippen LogP contribution is -2.43. The Morgan fingerprint density at radius 3 is 2.65 bits per heavy atom. The molecule has 2 aromatic rings. The average Bonchev–Trinajstić information content (AvgIpc) is 2.42. The number of piperazine rings is 1. The smallest absolute Gasteiger partial charge is 0.0858 e.